The van der Waals surface area contributed by atoms with Gasteiger partial charge in [0.25, 0.3) is 0 Å². The summed E-state index contributed by atoms with van der Waals surface area (Å²) >= 11 is 1.34. The Hall–Kier alpha value is -1.43. The van der Waals surface area contributed by atoms with Crippen LogP contribution >= 0.6 is 11.3 Å². The highest BCUT2D eigenvalue weighted by Crippen LogP contribution is 2.29. The molecule has 0 aromatic carbocycles. The zero-order valence-corrected chi connectivity index (χ0v) is 19.9. The van der Waals surface area contributed by atoms with Gasteiger partial charge in [-0.1, -0.05) is 11.3 Å². The molecule has 1 amide bonds. The van der Waals surface area contributed by atoms with E-state index in [2.05, 4.69) is 20.5 Å². The molecular weight excluding hydrogens is 412 g/mol. The Balaban J connectivity index is 2.04. The maximum atomic E-state index is 13.0. The fourth-order valence-electron chi connectivity index (χ4n) is 3.34. The monoisotopic (exact) mass is 444 g/mol. The molecule has 0 aliphatic carbocycles. The summed E-state index contributed by atoms with van der Waals surface area (Å²) in [5.74, 6) is -0.171. The first-order valence-corrected chi connectivity index (χ1v) is 12.2. The Morgan fingerprint density at radius 3 is 2.38 bits per heavy atom. The van der Waals surface area contributed by atoms with Crippen molar-refractivity contribution in [1.29, 1.82) is 0 Å². The first-order chi connectivity index (χ1) is 13.3. The van der Waals surface area contributed by atoms with E-state index in [-0.39, 0.29) is 17.4 Å². The van der Waals surface area contributed by atoms with Crippen molar-refractivity contribution in [2.45, 2.75) is 57.5 Å². The highest BCUT2D eigenvalue weighted by Gasteiger charge is 2.39. The molecule has 1 aliphatic rings. The van der Waals surface area contributed by atoms with E-state index < -0.39 is 15.6 Å². The van der Waals surface area contributed by atoms with Gasteiger partial charge in [-0.05, 0) is 47.6 Å². The molecule has 1 aromatic heterocycles. The van der Waals surface area contributed by atoms with E-state index in [1.165, 1.54) is 21.9 Å². The van der Waals surface area contributed by atoms with Crippen LogP contribution in [0.2, 0.25) is 0 Å². The van der Waals surface area contributed by atoms with Gasteiger partial charge in [-0.25, -0.2) is 12.7 Å². The Morgan fingerprint density at radius 2 is 1.86 bits per heavy atom. The third-order valence-electron chi connectivity index (χ3n) is 5.53. The number of sulfonamides is 1. The van der Waals surface area contributed by atoms with Crippen LogP contribution in [-0.4, -0.2) is 85.0 Å². The number of aromatic nitrogens is 2. The average molecular weight is 445 g/mol. The lowest BCUT2D eigenvalue weighted by atomic mass is 9.95. The van der Waals surface area contributed by atoms with Crippen molar-refractivity contribution in [3.63, 3.8) is 0 Å². The standard InChI is InChI=1S/C18H32N6O3S2/c1-17(2,12-19-5)15-21-22-16(28-15)20-14(25)18(3,4)23(6)13-8-10-24(11-9-13)29(7,26)27/h12-13H,8-11H2,1-7H3,(H,20,22,25)/b19-12-. The van der Waals surface area contributed by atoms with Crippen LogP contribution in [0.1, 0.15) is 45.5 Å². The molecule has 1 aliphatic heterocycles. The molecule has 0 unspecified atom stereocenters. The maximum absolute atomic E-state index is 13.0. The Bertz CT molecular complexity index is 855. The second-order valence-corrected chi connectivity index (χ2v) is 11.5. The molecule has 0 bridgehead atoms. The van der Waals surface area contributed by atoms with Gasteiger partial charge >= 0.3 is 0 Å². The predicted octanol–water partition coefficient (Wildman–Crippen LogP) is 1.59. The van der Waals surface area contributed by atoms with Crippen LogP contribution in [0.25, 0.3) is 0 Å². The third kappa shape index (κ3) is 5.59. The molecule has 164 valence electrons. The summed E-state index contributed by atoms with van der Waals surface area (Å²) in [6.07, 6.45) is 4.42. The van der Waals surface area contributed by atoms with E-state index in [1.54, 1.807) is 13.3 Å². The zero-order valence-electron chi connectivity index (χ0n) is 18.3. The molecule has 2 heterocycles. The minimum absolute atomic E-state index is 0.124. The van der Waals surface area contributed by atoms with Crippen molar-refractivity contribution in [2.24, 2.45) is 4.99 Å². The van der Waals surface area contributed by atoms with Crippen LogP contribution in [0.3, 0.4) is 0 Å². The summed E-state index contributed by atoms with van der Waals surface area (Å²) in [7, 11) is 0.453. The summed E-state index contributed by atoms with van der Waals surface area (Å²) in [4.78, 5) is 19.1. The van der Waals surface area contributed by atoms with Gasteiger partial charge in [-0.15, -0.1) is 10.2 Å². The summed E-state index contributed by atoms with van der Waals surface area (Å²) in [6.45, 7) is 8.65. The van der Waals surface area contributed by atoms with Crippen LogP contribution in [0.4, 0.5) is 5.13 Å². The topological polar surface area (TPSA) is 108 Å². The SMILES string of the molecule is C/N=C\C(C)(C)c1nnc(NC(=O)C(C)(C)N(C)C2CCN(S(C)(=O)=O)CC2)s1. The number of anilines is 1. The molecular formula is C18H32N6O3S2. The second-order valence-electron chi connectivity index (χ2n) is 8.54. The smallest absolute Gasteiger partial charge is 0.246 e. The van der Waals surface area contributed by atoms with Crippen molar-refractivity contribution in [3.05, 3.63) is 5.01 Å². The fraction of sp³-hybridized carbons (Fsp3) is 0.778. The Morgan fingerprint density at radius 1 is 1.28 bits per heavy atom. The van der Waals surface area contributed by atoms with Crippen LogP contribution in [0.5, 0.6) is 0 Å². The van der Waals surface area contributed by atoms with Gasteiger partial charge in [0.2, 0.25) is 21.1 Å². The molecule has 11 heteroatoms. The van der Waals surface area contributed by atoms with Crippen molar-refractivity contribution in [3.8, 4) is 0 Å². The lowest BCUT2D eigenvalue weighted by Crippen LogP contribution is -2.57. The number of hydrogen-bond acceptors (Lipinski definition) is 8. The number of carbonyl (C=O) groups is 1. The molecule has 2 rings (SSSR count). The first-order valence-electron chi connectivity index (χ1n) is 9.56. The molecule has 0 atom stereocenters. The van der Waals surface area contributed by atoms with Gasteiger partial charge in [0, 0.05) is 32.4 Å². The molecule has 0 radical (unpaired) electrons. The number of rotatable bonds is 7. The lowest BCUT2D eigenvalue weighted by Gasteiger charge is -2.43. The third-order valence-corrected chi connectivity index (χ3v) is 8.01. The molecule has 1 fully saturated rings. The molecule has 29 heavy (non-hydrogen) atoms. The van der Waals surface area contributed by atoms with Gasteiger partial charge in [0.15, 0.2) is 0 Å². The van der Waals surface area contributed by atoms with Gasteiger partial charge < -0.3 is 0 Å². The van der Waals surface area contributed by atoms with E-state index in [0.29, 0.717) is 31.1 Å². The number of likely N-dealkylation sites (N-methyl/N-ethyl adjacent to an activating group) is 1. The van der Waals surface area contributed by atoms with Crippen molar-refractivity contribution in [1.82, 2.24) is 19.4 Å². The summed E-state index contributed by atoms with van der Waals surface area (Å²) in [5.41, 5.74) is -1.14. The van der Waals surface area contributed by atoms with E-state index in [4.69, 9.17) is 0 Å². The van der Waals surface area contributed by atoms with Crippen LogP contribution in [-0.2, 0) is 20.2 Å². The van der Waals surface area contributed by atoms with E-state index in [0.717, 1.165) is 5.01 Å². The number of amides is 1. The largest absolute Gasteiger partial charge is 0.300 e. The minimum Gasteiger partial charge on any atom is -0.300 e. The Kier molecular flexibility index (Phi) is 7.19. The second kappa shape index (κ2) is 8.75. The lowest BCUT2D eigenvalue weighted by molar-refractivity contribution is -0.127. The number of nitrogens with one attached hydrogen (secondary N) is 1. The number of carbonyl (C=O) groups excluding carboxylic acids is 1. The number of aliphatic imine (C=N–C) groups is 1. The molecule has 1 aromatic rings. The van der Waals surface area contributed by atoms with E-state index in [1.807, 2.05) is 39.6 Å². The predicted molar refractivity (Wildman–Crippen MR) is 117 cm³/mol. The zero-order chi connectivity index (χ0) is 22.0. The number of hydrogen-bond donors (Lipinski definition) is 1. The molecule has 1 saturated heterocycles. The highest BCUT2D eigenvalue weighted by atomic mass is 32.2. The summed E-state index contributed by atoms with van der Waals surface area (Å²) in [5, 5.41) is 12.4. The van der Waals surface area contributed by atoms with Crippen molar-refractivity contribution in [2.75, 3.05) is 38.8 Å². The number of nitrogens with zero attached hydrogens (tertiary/aromatic N) is 5. The minimum atomic E-state index is -3.17. The van der Waals surface area contributed by atoms with Crippen LogP contribution in [0, 0.1) is 0 Å². The summed E-state index contributed by atoms with van der Waals surface area (Å²) < 4.78 is 24.9. The summed E-state index contributed by atoms with van der Waals surface area (Å²) in [6, 6.07) is 0.124. The highest BCUT2D eigenvalue weighted by molar-refractivity contribution is 7.88. The molecule has 9 nitrogen and oxygen atoms in total. The van der Waals surface area contributed by atoms with Gasteiger partial charge in [-0.2, -0.15) is 0 Å². The van der Waals surface area contributed by atoms with E-state index >= 15 is 0 Å². The molecule has 0 spiro atoms. The van der Waals surface area contributed by atoms with Crippen LogP contribution in [0.15, 0.2) is 4.99 Å². The maximum Gasteiger partial charge on any atom is 0.246 e. The normalized spacial score (nSPS) is 17.9. The van der Waals surface area contributed by atoms with Crippen molar-refractivity contribution >= 4 is 38.6 Å². The van der Waals surface area contributed by atoms with E-state index in [9.17, 15) is 13.2 Å². The van der Waals surface area contributed by atoms with Gasteiger partial charge in [0.05, 0.1) is 17.2 Å². The van der Waals surface area contributed by atoms with Crippen molar-refractivity contribution < 1.29 is 13.2 Å². The first kappa shape index (κ1) is 23.8. The Labute approximate surface area is 177 Å². The molecule has 1 N–H and O–H groups in total. The number of piperidine rings is 1. The fourth-order valence-corrected chi connectivity index (χ4v) is 5.02. The quantitative estimate of drug-likeness (QED) is 0.640. The average Bonchev–Trinajstić information content (AvgIpc) is 3.10. The van der Waals surface area contributed by atoms with Gasteiger partial charge in [-0.3, -0.25) is 20.0 Å². The van der Waals surface area contributed by atoms with Gasteiger partial charge in [0.1, 0.15) is 5.01 Å². The van der Waals surface area contributed by atoms with Crippen LogP contribution < -0.4 is 5.32 Å². The molecule has 0 saturated carbocycles.